The molecule has 0 saturated heterocycles. The Balaban J connectivity index is 4.45. The average molecular weight is 1270 g/mol. The average Bonchev–Trinajstić information content (AvgIpc) is 3.53. The summed E-state index contributed by atoms with van der Waals surface area (Å²) in [7, 11) is -9.76. The molecule has 0 amide bonds. The van der Waals surface area contributed by atoms with Crippen molar-refractivity contribution in [3.8, 4) is 0 Å². The Morgan fingerprint density at radius 2 is 0.609 bits per heavy atom. The number of esters is 3. The van der Waals surface area contributed by atoms with Crippen molar-refractivity contribution in [2.24, 2.45) is 0 Å². The summed E-state index contributed by atoms with van der Waals surface area (Å²) in [6.07, 6.45) is 66.5. The van der Waals surface area contributed by atoms with Crippen LogP contribution in [0.25, 0.3) is 0 Å². The number of rotatable bonds is 64. The Hall–Kier alpha value is -3.27. The molecule has 0 heterocycles. The first-order valence-electron chi connectivity index (χ1n) is 33.9. The molecule has 87 heavy (non-hydrogen) atoms. The Kier molecular flexibility index (Phi) is 60.5. The van der Waals surface area contributed by atoms with Gasteiger partial charge in [-0.3, -0.25) is 32.5 Å². The largest absolute Gasteiger partial charge is 0.472 e. The van der Waals surface area contributed by atoms with Crippen LogP contribution in [0, 0.1) is 0 Å². The van der Waals surface area contributed by atoms with Crippen molar-refractivity contribution in [2.75, 3.05) is 39.6 Å². The number of carbonyl (C=O) groups is 3. The third-order valence-corrected chi connectivity index (χ3v) is 16.0. The van der Waals surface area contributed by atoms with Gasteiger partial charge in [0.05, 0.1) is 26.4 Å². The molecular formula is C69H122O16P2. The highest BCUT2D eigenvalue weighted by Crippen LogP contribution is 2.45. The van der Waals surface area contributed by atoms with Crippen LogP contribution in [0.1, 0.15) is 278 Å². The van der Waals surface area contributed by atoms with E-state index in [1.54, 1.807) is 0 Å². The molecule has 18 heteroatoms. The van der Waals surface area contributed by atoms with Crippen LogP contribution in [-0.2, 0) is 55.8 Å². The zero-order valence-corrected chi connectivity index (χ0v) is 56.2. The number of allylic oxidation sites excluding steroid dienone is 14. The lowest BCUT2D eigenvalue weighted by molar-refractivity contribution is -0.161. The smallest absolute Gasteiger partial charge is 0.463 e. The van der Waals surface area contributed by atoms with E-state index in [1.807, 2.05) is 0 Å². The molecule has 0 radical (unpaired) electrons. The molecule has 4 N–H and O–H groups in total. The second-order valence-electron chi connectivity index (χ2n) is 22.6. The molecule has 0 spiro atoms. The molecule has 504 valence electrons. The molecule has 0 aliphatic rings. The van der Waals surface area contributed by atoms with E-state index in [4.69, 9.17) is 32.3 Å². The number of phosphoric acid groups is 2. The number of carbonyl (C=O) groups excluding carboxylic acids is 3. The van der Waals surface area contributed by atoms with Crippen LogP contribution in [-0.4, -0.2) is 95.9 Å². The van der Waals surface area contributed by atoms with Gasteiger partial charge in [-0.1, -0.05) is 247 Å². The number of ether oxygens (including phenoxy) is 3. The first kappa shape index (κ1) is 83.7. The van der Waals surface area contributed by atoms with Crippen molar-refractivity contribution in [3.05, 3.63) is 85.1 Å². The van der Waals surface area contributed by atoms with Crippen LogP contribution in [0.15, 0.2) is 85.1 Å². The number of unbranched alkanes of at least 4 members (excludes halogenated alkanes) is 27. The van der Waals surface area contributed by atoms with Crippen LogP contribution in [0.4, 0.5) is 0 Å². The Labute approximate surface area is 527 Å². The molecule has 0 aliphatic carbocycles. The maximum Gasteiger partial charge on any atom is 0.472 e. The maximum absolute atomic E-state index is 12.8. The van der Waals surface area contributed by atoms with Crippen molar-refractivity contribution in [3.63, 3.8) is 0 Å². The summed E-state index contributed by atoms with van der Waals surface area (Å²) in [6, 6.07) is 0. The molecular weight excluding hydrogens is 1150 g/mol. The first-order valence-corrected chi connectivity index (χ1v) is 36.9. The minimum Gasteiger partial charge on any atom is -0.463 e. The van der Waals surface area contributed by atoms with E-state index in [0.717, 1.165) is 135 Å². The lowest BCUT2D eigenvalue weighted by Gasteiger charge is -2.21. The maximum atomic E-state index is 12.8. The zero-order valence-electron chi connectivity index (χ0n) is 54.4. The van der Waals surface area contributed by atoms with Gasteiger partial charge in [-0.15, -0.1) is 0 Å². The van der Waals surface area contributed by atoms with Gasteiger partial charge in [0.15, 0.2) is 6.10 Å². The van der Waals surface area contributed by atoms with Crippen LogP contribution < -0.4 is 0 Å². The molecule has 0 fully saturated rings. The first-order chi connectivity index (χ1) is 42.2. The van der Waals surface area contributed by atoms with Crippen molar-refractivity contribution >= 4 is 33.6 Å². The molecule has 16 nitrogen and oxygen atoms in total. The van der Waals surface area contributed by atoms with Gasteiger partial charge in [0.25, 0.3) is 0 Å². The van der Waals surface area contributed by atoms with E-state index >= 15 is 0 Å². The highest BCUT2D eigenvalue weighted by molar-refractivity contribution is 7.47. The topological polar surface area (TPSA) is 231 Å². The lowest BCUT2D eigenvalue weighted by atomic mass is 10.1. The Morgan fingerprint density at radius 3 is 0.989 bits per heavy atom. The zero-order chi connectivity index (χ0) is 63.8. The summed E-state index contributed by atoms with van der Waals surface area (Å²) in [5, 5.41) is 20.5. The second-order valence-corrected chi connectivity index (χ2v) is 25.5. The highest BCUT2D eigenvalue weighted by Gasteiger charge is 2.29. The van der Waals surface area contributed by atoms with Crippen LogP contribution in [0.2, 0.25) is 0 Å². The molecule has 5 atom stereocenters. The van der Waals surface area contributed by atoms with Gasteiger partial charge >= 0.3 is 33.6 Å². The fourth-order valence-electron chi connectivity index (χ4n) is 8.92. The number of hydrogen-bond acceptors (Lipinski definition) is 14. The van der Waals surface area contributed by atoms with Gasteiger partial charge in [0.1, 0.15) is 25.4 Å². The fourth-order valence-corrected chi connectivity index (χ4v) is 10.5. The van der Waals surface area contributed by atoms with Crippen molar-refractivity contribution in [2.45, 2.75) is 296 Å². The van der Waals surface area contributed by atoms with Gasteiger partial charge in [0.2, 0.25) is 0 Å². The lowest BCUT2D eigenvalue weighted by Crippen LogP contribution is -2.30. The van der Waals surface area contributed by atoms with E-state index in [2.05, 4.69) is 106 Å². The van der Waals surface area contributed by atoms with E-state index < -0.39 is 91.5 Å². The van der Waals surface area contributed by atoms with Crippen LogP contribution >= 0.6 is 15.6 Å². The summed E-state index contributed by atoms with van der Waals surface area (Å²) in [5.41, 5.74) is 0. The SMILES string of the molecule is CC/C=C\C/C=C\C/C=C\C/C=C\C/C=C\C/C=C\CCCCCCCCCCC(=O)OCC(O)COP(=O)(O)OCC(O)COP(=O)(O)OCC(COC(=O)CCCCCCC/C=C\CCCCCC)OC(=O)CCCCCCCCCCCCC. The molecule has 0 rings (SSSR count). The van der Waals surface area contributed by atoms with Gasteiger partial charge in [-0.25, -0.2) is 9.13 Å². The summed E-state index contributed by atoms with van der Waals surface area (Å²) in [5.74, 6) is -1.59. The van der Waals surface area contributed by atoms with Crippen LogP contribution in [0.5, 0.6) is 0 Å². The standard InChI is InChI=1S/C69H122O16P2/c1-4-7-10-13-16-19-22-24-25-26-27-28-29-30-31-32-33-34-35-36-37-39-42-43-46-49-52-55-67(72)79-58-64(70)59-81-86(75,76)82-60-65(71)61-83-87(77,78)84-63-66(85-69(74)57-54-51-48-45-40-21-18-15-12-9-6-3)62-80-68(73)56-53-50-47-44-41-38-23-20-17-14-11-8-5-2/h7,10,16,19-20,23-25,27-28,30-31,33-34,64-66,70-71H,4-6,8-9,11-15,17-18,21-22,26,29,32,35-63H2,1-3H3,(H,75,76)(H,77,78)/b10-7-,19-16-,23-20-,25-24-,28-27-,31-30-,34-33-. The molecule has 0 aromatic rings. The van der Waals surface area contributed by atoms with Gasteiger partial charge < -0.3 is 34.2 Å². The number of hydrogen-bond donors (Lipinski definition) is 4. The van der Waals surface area contributed by atoms with E-state index in [0.29, 0.717) is 19.3 Å². The molecule has 0 aromatic carbocycles. The summed E-state index contributed by atoms with van der Waals surface area (Å²) in [4.78, 5) is 58.2. The predicted octanol–water partition coefficient (Wildman–Crippen LogP) is 18.5. The van der Waals surface area contributed by atoms with Crippen LogP contribution in [0.3, 0.4) is 0 Å². The van der Waals surface area contributed by atoms with Crippen molar-refractivity contribution < 1.29 is 75.8 Å². The Morgan fingerprint density at radius 1 is 0.333 bits per heavy atom. The van der Waals surface area contributed by atoms with E-state index in [-0.39, 0.29) is 19.3 Å². The second kappa shape index (κ2) is 62.9. The number of phosphoric ester groups is 2. The number of aliphatic hydroxyl groups excluding tert-OH is 2. The fraction of sp³-hybridized carbons (Fsp3) is 0.754. The predicted molar refractivity (Wildman–Crippen MR) is 353 cm³/mol. The summed E-state index contributed by atoms with van der Waals surface area (Å²) >= 11 is 0. The minimum atomic E-state index is -4.91. The molecule has 0 aromatic heterocycles. The quantitative estimate of drug-likeness (QED) is 0.0146. The van der Waals surface area contributed by atoms with Crippen molar-refractivity contribution in [1.29, 1.82) is 0 Å². The van der Waals surface area contributed by atoms with Gasteiger partial charge in [-0.05, 0) is 96.3 Å². The summed E-state index contributed by atoms with van der Waals surface area (Å²) < 4.78 is 60.7. The molecule has 0 saturated carbocycles. The van der Waals surface area contributed by atoms with Gasteiger partial charge in [0, 0.05) is 19.3 Å². The third kappa shape index (κ3) is 64.1. The Bertz CT molecular complexity index is 1930. The van der Waals surface area contributed by atoms with E-state index in [1.165, 1.54) is 83.5 Å². The minimum absolute atomic E-state index is 0.107. The molecule has 0 bridgehead atoms. The number of aliphatic hydroxyl groups is 2. The van der Waals surface area contributed by atoms with Gasteiger partial charge in [-0.2, -0.15) is 0 Å². The molecule has 0 aliphatic heterocycles. The normalized spacial score (nSPS) is 14.8. The summed E-state index contributed by atoms with van der Waals surface area (Å²) in [6.45, 7) is 2.51. The third-order valence-electron chi connectivity index (χ3n) is 14.1. The van der Waals surface area contributed by atoms with Crippen molar-refractivity contribution in [1.82, 2.24) is 0 Å². The molecule has 5 unspecified atom stereocenters. The monoisotopic (exact) mass is 1270 g/mol. The van der Waals surface area contributed by atoms with E-state index in [9.17, 15) is 43.5 Å². The highest BCUT2D eigenvalue weighted by atomic mass is 31.2.